The smallest absolute Gasteiger partial charge is 0.406 e. The van der Waals surface area contributed by atoms with E-state index in [2.05, 4.69) is 4.74 Å². The molecule has 15 heavy (non-hydrogen) atoms. The summed E-state index contributed by atoms with van der Waals surface area (Å²) in [5, 5.41) is 0.875. The first kappa shape index (κ1) is 12.1. The summed E-state index contributed by atoms with van der Waals surface area (Å²) in [6.07, 6.45) is -4.67. The molecule has 84 valence electrons. The SMILES string of the molecule is CP(C)c1ccc(OC(F)(F)F)cc1N. The topological polar surface area (TPSA) is 35.2 Å². The van der Waals surface area contributed by atoms with Crippen molar-refractivity contribution < 1.29 is 17.9 Å². The minimum Gasteiger partial charge on any atom is -0.406 e. The number of benzene rings is 1. The first-order chi connectivity index (χ1) is 6.79. The van der Waals surface area contributed by atoms with Crippen LogP contribution in [-0.2, 0) is 0 Å². The molecule has 0 aromatic heterocycles. The first-order valence-electron chi connectivity index (χ1n) is 4.12. The molecule has 0 aliphatic heterocycles. The zero-order chi connectivity index (χ0) is 11.6. The number of rotatable bonds is 2. The lowest BCUT2D eigenvalue weighted by atomic mass is 10.3. The molecule has 0 heterocycles. The Labute approximate surface area is 87.0 Å². The molecule has 0 amide bonds. The van der Waals surface area contributed by atoms with Crippen molar-refractivity contribution in [3.05, 3.63) is 18.2 Å². The predicted octanol–water partition coefficient (Wildman–Crippen LogP) is 2.53. The number of halogens is 3. The first-order valence-corrected chi connectivity index (χ1v) is 6.36. The van der Waals surface area contributed by atoms with Gasteiger partial charge in [0.2, 0.25) is 0 Å². The number of hydrogen-bond donors (Lipinski definition) is 1. The van der Waals surface area contributed by atoms with Gasteiger partial charge in [-0.2, -0.15) is 0 Å². The third kappa shape index (κ3) is 3.59. The van der Waals surface area contributed by atoms with Gasteiger partial charge in [-0.25, -0.2) is 0 Å². The molecule has 0 saturated heterocycles. The van der Waals surface area contributed by atoms with E-state index in [1.165, 1.54) is 12.1 Å². The Morgan fingerprint density at radius 2 is 1.87 bits per heavy atom. The van der Waals surface area contributed by atoms with Crippen LogP contribution in [0.4, 0.5) is 18.9 Å². The van der Waals surface area contributed by atoms with Crippen molar-refractivity contribution in [2.24, 2.45) is 0 Å². The highest BCUT2D eigenvalue weighted by Gasteiger charge is 2.31. The Hall–Kier alpha value is -0.960. The quantitative estimate of drug-likeness (QED) is 0.633. The van der Waals surface area contributed by atoms with Crippen LogP contribution in [0.3, 0.4) is 0 Å². The summed E-state index contributed by atoms with van der Waals surface area (Å²) in [5.74, 6) is -0.277. The molecule has 0 aliphatic carbocycles. The van der Waals surface area contributed by atoms with E-state index in [9.17, 15) is 13.2 Å². The lowest BCUT2D eigenvalue weighted by Gasteiger charge is -2.13. The number of hydrogen-bond acceptors (Lipinski definition) is 2. The minimum absolute atomic E-state index is 0.277. The van der Waals surface area contributed by atoms with E-state index in [1.54, 1.807) is 6.07 Å². The van der Waals surface area contributed by atoms with Gasteiger partial charge in [0.25, 0.3) is 0 Å². The van der Waals surface area contributed by atoms with Crippen LogP contribution >= 0.6 is 7.92 Å². The highest BCUT2D eigenvalue weighted by atomic mass is 31.1. The summed E-state index contributed by atoms with van der Waals surface area (Å²) in [5.41, 5.74) is 5.95. The fourth-order valence-electron chi connectivity index (χ4n) is 1.14. The highest BCUT2D eigenvalue weighted by Crippen LogP contribution is 2.30. The molecule has 2 N–H and O–H groups in total. The Kier molecular flexibility index (Phi) is 3.45. The van der Waals surface area contributed by atoms with Gasteiger partial charge in [-0.05, 0) is 30.8 Å². The molecule has 1 aromatic rings. The van der Waals surface area contributed by atoms with Crippen molar-refractivity contribution in [2.45, 2.75) is 6.36 Å². The molecule has 1 aromatic carbocycles. The van der Waals surface area contributed by atoms with Crippen LogP contribution in [0.2, 0.25) is 0 Å². The van der Waals surface area contributed by atoms with Crippen molar-refractivity contribution in [1.82, 2.24) is 0 Å². The monoisotopic (exact) mass is 237 g/mol. The second kappa shape index (κ2) is 4.27. The fraction of sp³-hybridized carbons (Fsp3) is 0.333. The molecule has 0 radical (unpaired) electrons. The van der Waals surface area contributed by atoms with E-state index in [-0.39, 0.29) is 5.75 Å². The zero-order valence-electron chi connectivity index (χ0n) is 8.30. The van der Waals surface area contributed by atoms with Gasteiger partial charge in [0.05, 0.1) is 0 Å². The lowest BCUT2D eigenvalue weighted by molar-refractivity contribution is -0.274. The standard InChI is InChI=1S/C9H11F3NOP/c1-15(2)8-4-3-6(5-7(8)13)14-9(10,11)12/h3-5H,13H2,1-2H3. The van der Waals surface area contributed by atoms with Crippen LogP contribution in [0.25, 0.3) is 0 Å². The van der Waals surface area contributed by atoms with Gasteiger partial charge in [-0.3, -0.25) is 0 Å². The molecule has 0 fully saturated rings. The molecule has 0 saturated carbocycles. The van der Waals surface area contributed by atoms with Gasteiger partial charge in [0, 0.05) is 11.8 Å². The van der Waals surface area contributed by atoms with Crippen molar-refractivity contribution >= 4 is 18.9 Å². The van der Waals surface area contributed by atoms with Crippen molar-refractivity contribution in [2.75, 3.05) is 19.1 Å². The average molecular weight is 237 g/mol. The third-order valence-corrected chi connectivity index (χ3v) is 3.09. The number of anilines is 1. The summed E-state index contributed by atoms with van der Waals surface area (Å²) in [6.45, 7) is 3.95. The second-order valence-electron chi connectivity index (χ2n) is 3.16. The molecule has 2 nitrogen and oxygen atoms in total. The Bertz CT molecular complexity index is 352. The molecule has 6 heteroatoms. The van der Waals surface area contributed by atoms with Gasteiger partial charge >= 0.3 is 6.36 Å². The summed E-state index contributed by atoms with van der Waals surface area (Å²) < 4.78 is 39.4. The van der Waals surface area contributed by atoms with Gasteiger partial charge in [0.15, 0.2) is 0 Å². The molecule has 0 unspecified atom stereocenters. The van der Waals surface area contributed by atoms with Gasteiger partial charge in [0.1, 0.15) is 5.75 Å². The summed E-state index contributed by atoms with van der Waals surface area (Å²) >= 11 is 0. The number of ether oxygens (including phenoxy) is 1. The fourth-order valence-corrected chi connectivity index (χ4v) is 2.09. The Balaban J connectivity index is 2.92. The zero-order valence-corrected chi connectivity index (χ0v) is 9.19. The Morgan fingerprint density at radius 3 is 2.27 bits per heavy atom. The van der Waals surface area contributed by atoms with E-state index in [4.69, 9.17) is 5.73 Å². The summed E-state index contributed by atoms with van der Waals surface area (Å²) in [7, 11) is -0.424. The molecule has 0 bridgehead atoms. The van der Waals surface area contributed by atoms with Crippen LogP contribution in [0.5, 0.6) is 5.75 Å². The van der Waals surface area contributed by atoms with Crippen molar-refractivity contribution in [3.63, 3.8) is 0 Å². The number of nitrogen functional groups attached to an aromatic ring is 1. The maximum absolute atomic E-state index is 11.9. The van der Waals surface area contributed by atoms with E-state index in [1.807, 2.05) is 13.3 Å². The van der Waals surface area contributed by atoms with Gasteiger partial charge in [-0.1, -0.05) is 7.92 Å². The maximum atomic E-state index is 11.9. The lowest BCUT2D eigenvalue weighted by Crippen LogP contribution is -2.18. The third-order valence-electron chi connectivity index (χ3n) is 1.71. The van der Waals surface area contributed by atoms with Crippen LogP contribution in [0.1, 0.15) is 0 Å². The van der Waals surface area contributed by atoms with Crippen LogP contribution in [0.15, 0.2) is 18.2 Å². The molecule has 1 rings (SSSR count). The van der Waals surface area contributed by atoms with Crippen LogP contribution in [0, 0.1) is 0 Å². The van der Waals surface area contributed by atoms with Crippen LogP contribution < -0.4 is 15.8 Å². The van der Waals surface area contributed by atoms with Gasteiger partial charge < -0.3 is 10.5 Å². The molecule has 0 atom stereocenters. The normalized spacial score (nSPS) is 11.9. The highest BCUT2D eigenvalue weighted by molar-refractivity contribution is 7.64. The molecule has 0 aliphatic rings. The van der Waals surface area contributed by atoms with Crippen molar-refractivity contribution in [1.29, 1.82) is 0 Å². The largest absolute Gasteiger partial charge is 0.573 e. The second-order valence-corrected chi connectivity index (χ2v) is 5.43. The average Bonchev–Trinajstić information content (AvgIpc) is 1.99. The van der Waals surface area contributed by atoms with Gasteiger partial charge in [-0.15, -0.1) is 13.2 Å². The molecular formula is C9H11F3NOP. The predicted molar refractivity (Wildman–Crippen MR) is 55.9 cm³/mol. The summed E-state index contributed by atoms with van der Waals surface area (Å²) in [6, 6.07) is 4.05. The van der Waals surface area contributed by atoms with E-state index >= 15 is 0 Å². The maximum Gasteiger partial charge on any atom is 0.573 e. The molecule has 0 spiro atoms. The van der Waals surface area contributed by atoms with E-state index < -0.39 is 14.3 Å². The number of alkyl halides is 3. The van der Waals surface area contributed by atoms with Crippen molar-refractivity contribution in [3.8, 4) is 5.75 Å². The summed E-state index contributed by atoms with van der Waals surface area (Å²) in [4.78, 5) is 0. The van der Waals surface area contributed by atoms with E-state index in [0.717, 1.165) is 5.30 Å². The number of nitrogens with two attached hydrogens (primary N) is 1. The van der Waals surface area contributed by atoms with E-state index in [0.29, 0.717) is 5.69 Å². The van der Waals surface area contributed by atoms with Crippen LogP contribution in [-0.4, -0.2) is 19.7 Å². The minimum atomic E-state index is -4.67. The molecular weight excluding hydrogens is 226 g/mol. The Morgan fingerprint density at radius 1 is 1.27 bits per heavy atom.